The van der Waals surface area contributed by atoms with Crippen LogP contribution < -0.4 is 14.4 Å². The molecule has 0 aliphatic carbocycles. The lowest BCUT2D eigenvalue weighted by Crippen LogP contribution is -2.33. The van der Waals surface area contributed by atoms with Crippen LogP contribution in [-0.4, -0.2) is 36.7 Å². The van der Waals surface area contributed by atoms with Crippen molar-refractivity contribution in [1.29, 1.82) is 0 Å². The normalized spacial score (nSPS) is 14.0. The summed E-state index contributed by atoms with van der Waals surface area (Å²) in [5.41, 5.74) is 1.07. The minimum Gasteiger partial charge on any atom is -0.454 e. The highest BCUT2D eigenvalue weighted by atomic mass is 16.7. The molecule has 0 spiro atoms. The summed E-state index contributed by atoms with van der Waals surface area (Å²) in [5, 5.41) is 11.2. The second kappa shape index (κ2) is 6.60. The summed E-state index contributed by atoms with van der Waals surface area (Å²) in [6, 6.07) is 9.78. The second-order valence-corrected chi connectivity index (χ2v) is 5.98. The molecule has 0 bridgehead atoms. The van der Waals surface area contributed by atoms with Gasteiger partial charge in [-0.1, -0.05) is 18.2 Å². The summed E-state index contributed by atoms with van der Waals surface area (Å²) in [4.78, 5) is 36.8. The van der Waals surface area contributed by atoms with Crippen LogP contribution in [0.4, 0.5) is 11.4 Å². The highest BCUT2D eigenvalue weighted by molar-refractivity contribution is 6.00. The van der Waals surface area contributed by atoms with Gasteiger partial charge in [0, 0.05) is 18.3 Å². The van der Waals surface area contributed by atoms with E-state index in [1.807, 2.05) is 24.3 Å². The van der Waals surface area contributed by atoms with Crippen LogP contribution >= 0.6 is 0 Å². The first kappa shape index (κ1) is 16.8. The number of benzene rings is 2. The van der Waals surface area contributed by atoms with E-state index in [1.54, 1.807) is 0 Å². The molecule has 2 aliphatic rings. The van der Waals surface area contributed by atoms with Crippen molar-refractivity contribution in [3.8, 4) is 11.5 Å². The molecule has 0 fully saturated rings. The Morgan fingerprint density at radius 1 is 1.19 bits per heavy atom. The SMILES string of the molecule is O=C(OCC(=O)N1CCc2ccccc21)c1cc2c(cc1[N+](=O)[O-])OCO2. The minimum atomic E-state index is -0.971. The highest BCUT2D eigenvalue weighted by Crippen LogP contribution is 2.38. The van der Waals surface area contributed by atoms with Gasteiger partial charge in [0.15, 0.2) is 18.1 Å². The van der Waals surface area contributed by atoms with Crippen molar-refractivity contribution in [2.45, 2.75) is 6.42 Å². The molecule has 2 heterocycles. The fraction of sp³-hybridized carbons (Fsp3) is 0.222. The fourth-order valence-corrected chi connectivity index (χ4v) is 3.13. The van der Waals surface area contributed by atoms with Crippen molar-refractivity contribution in [3.05, 3.63) is 57.6 Å². The minimum absolute atomic E-state index is 0.0855. The third-order valence-electron chi connectivity index (χ3n) is 4.42. The molecule has 1 amide bonds. The summed E-state index contributed by atoms with van der Waals surface area (Å²) >= 11 is 0. The number of amides is 1. The average Bonchev–Trinajstić information content (AvgIpc) is 3.30. The van der Waals surface area contributed by atoms with E-state index >= 15 is 0 Å². The predicted molar refractivity (Wildman–Crippen MR) is 92.0 cm³/mol. The standard InChI is InChI=1S/C18H14N2O7/c21-17(19-6-5-11-3-1-2-4-13(11)19)9-25-18(22)12-7-15-16(27-10-26-15)8-14(12)20(23)24/h1-4,7-8H,5-6,9-10H2. The zero-order chi connectivity index (χ0) is 19.0. The van der Waals surface area contributed by atoms with Crippen LogP contribution in [0.15, 0.2) is 36.4 Å². The van der Waals surface area contributed by atoms with Gasteiger partial charge in [0.2, 0.25) is 6.79 Å². The van der Waals surface area contributed by atoms with E-state index in [0.29, 0.717) is 6.54 Å². The molecule has 2 aromatic carbocycles. The summed E-state index contributed by atoms with van der Waals surface area (Å²) in [6.45, 7) is -0.101. The fourth-order valence-electron chi connectivity index (χ4n) is 3.13. The molecular formula is C18H14N2O7. The summed E-state index contributed by atoms with van der Waals surface area (Å²) in [7, 11) is 0. The Balaban J connectivity index is 1.49. The number of nitrogens with zero attached hydrogens (tertiary/aromatic N) is 2. The number of carbonyl (C=O) groups excluding carboxylic acids is 2. The third-order valence-corrected chi connectivity index (χ3v) is 4.42. The molecule has 0 saturated heterocycles. The number of para-hydroxylation sites is 1. The quantitative estimate of drug-likeness (QED) is 0.460. The second-order valence-electron chi connectivity index (χ2n) is 5.98. The third kappa shape index (κ3) is 3.03. The predicted octanol–water partition coefficient (Wildman–Crippen LogP) is 2.07. The molecule has 27 heavy (non-hydrogen) atoms. The van der Waals surface area contributed by atoms with Crippen molar-refractivity contribution in [1.82, 2.24) is 0 Å². The number of hydrogen-bond acceptors (Lipinski definition) is 7. The van der Waals surface area contributed by atoms with Gasteiger partial charge < -0.3 is 19.1 Å². The Hall–Kier alpha value is -3.62. The largest absolute Gasteiger partial charge is 0.454 e. The summed E-state index contributed by atoms with van der Waals surface area (Å²) in [6.07, 6.45) is 0.726. The molecule has 0 N–H and O–H groups in total. The van der Waals surface area contributed by atoms with Crippen molar-refractivity contribution in [3.63, 3.8) is 0 Å². The molecule has 4 rings (SSSR count). The molecule has 0 unspecified atom stereocenters. The molecule has 0 aromatic heterocycles. The maximum atomic E-state index is 12.4. The van der Waals surface area contributed by atoms with Crippen molar-refractivity contribution < 1.29 is 28.7 Å². The van der Waals surface area contributed by atoms with E-state index in [4.69, 9.17) is 14.2 Å². The average molecular weight is 370 g/mol. The van der Waals surface area contributed by atoms with E-state index in [1.165, 1.54) is 11.0 Å². The van der Waals surface area contributed by atoms with Gasteiger partial charge >= 0.3 is 5.97 Å². The van der Waals surface area contributed by atoms with Crippen molar-refractivity contribution in [2.24, 2.45) is 0 Å². The topological polar surface area (TPSA) is 108 Å². The number of rotatable bonds is 4. The van der Waals surface area contributed by atoms with Gasteiger partial charge in [-0.25, -0.2) is 4.79 Å². The lowest BCUT2D eigenvalue weighted by molar-refractivity contribution is -0.385. The number of carbonyl (C=O) groups is 2. The Morgan fingerprint density at radius 3 is 2.70 bits per heavy atom. The molecule has 0 radical (unpaired) electrons. The maximum absolute atomic E-state index is 12.4. The van der Waals surface area contributed by atoms with E-state index in [9.17, 15) is 19.7 Å². The first-order valence-electron chi connectivity index (χ1n) is 8.18. The molecule has 2 aromatic rings. The van der Waals surface area contributed by atoms with Gasteiger partial charge in [0.25, 0.3) is 11.6 Å². The Labute approximate surface area is 153 Å². The zero-order valence-corrected chi connectivity index (χ0v) is 14.0. The highest BCUT2D eigenvalue weighted by Gasteiger charge is 2.30. The van der Waals surface area contributed by atoms with Gasteiger partial charge in [-0.05, 0) is 18.1 Å². The van der Waals surface area contributed by atoms with Crippen LogP contribution in [0.1, 0.15) is 15.9 Å². The molecule has 2 aliphatic heterocycles. The summed E-state index contributed by atoms with van der Waals surface area (Å²) in [5.74, 6) is -0.965. The first-order valence-corrected chi connectivity index (χ1v) is 8.18. The van der Waals surface area contributed by atoms with Crippen LogP contribution in [0, 0.1) is 10.1 Å². The number of anilines is 1. The smallest absolute Gasteiger partial charge is 0.345 e. The first-order chi connectivity index (χ1) is 13.0. The van der Waals surface area contributed by atoms with Crippen molar-refractivity contribution in [2.75, 3.05) is 24.8 Å². The van der Waals surface area contributed by atoms with E-state index in [-0.39, 0.29) is 23.9 Å². The van der Waals surface area contributed by atoms with Gasteiger partial charge in [-0.3, -0.25) is 14.9 Å². The monoisotopic (exact) mass is 370 g/mol. The number of hydrogen-bond donors (Lipinski definition) is 0. The van der Waals surface area contributed by atoms with E-state index in [0.717, 1.165) is 23.7 Å². The van der Waals surface area contributed by atoms with Crippen LogP contribution in [0.2, 0.25) is 0 Å². The molecular weight excluding hydrogens is 356 g/mol. The van der Waals surface area contributed by atoms with Crippen LogP contribution in [0.3, 0.4) is 0 Å². The summed E-state index contributed by atoms with van der Waals surface area (Å²) < 4.78 is 15.3. The molecule has 0 saturated carbocycles. The molecule has 9 heteroatoms. The number of nitro benzene ring substituents is 1. The number of esters is 1. The Morgan fingerprint density at radius 2 is 1.93 bits per heavy atom. The van der Waals surface area contributed by atoms with Gasteiger partial charge in [-0.15, -0.1) is 0 Å². The van der Waals surface area contributed by atoms with Gasteiger partial charge in [0.1, 0.15) is 5.56 Å². The Bertz CT molecular complexity index is 957. The lowest BCUT2D eigenvalue weighted by Gasteiger charge is -2.17. The van der Waals surface area contributed by atoms with Crippen molar-refractivity contribution >= 4 is 23.3 Å². The van der Waals surface area contributed by atoms with Crippen LogP contribution in [0.5, 0.6) is 11.5 Å². The molecule has 0 atom stereocenters. The van der Waals surface area contributed by atoms with E-state index in [2.05, 4.69) is 0 Å². The van der Waals surface area contributed by atoms with E-state index < -0.39 is 29.1 Å². The number of ether oxygens (including phenoxy) is 3. The van der Waals surface area contributed by atoms with Crippen LogP contribution in [0.25, 0.3) is 0 Å². The van der Waals surface area contributed by atoms with Crippen LogP contribution in [-0.2, 0) is 16.0 Å². The maximum Gasteiger partial charge on any atom is 0.345 e. The molecule has 138 valence electrons. The number of fused-ring (bicyclic) bond motifs is 2. The zero-order valence-electron chi connectivity index (χ0n) is 14.0. The molecule has 9 nitrogen and oxygen atoms in total. The Kier molecular flexibility index (Phi) is 4.11. The number of nitro groups is 1. The van der Waals surface area contributed by atoms with Gasteiger partial charge in [-0.2, -0.15) is 0 Å². The van der Waals surface area contributed by atoms with Gasteiger partial charge in [0.05, 0.1) is 11.0 Å². The lowest BCUT2D eigenvalue weighted by atomic mass is 10.1.